The van der Waals surface area contributed by atoms with E-state index < -0.39 is 0 Å². The highest BCUT2D eigenvalue weighted by Crippen LogP contribution is 1.92. The van der Waals surface area contributed by atoms with Crippen LogP contribution in [0, 0.1) is 0 Å². The van der Waals surface area contributed by atoms with Crippen LogP contribution in [0.3, 0.4) is 0 Å². The zero-order valence-corrected chi connectivity index (χ0v) is 6.21. The molecule has 11 heavy (non-hydrogen) atoms. The van der Waals surface area contributed by atoms with Crippen molar-refractivity contribution < 1.29 is 0 Å². The number of H-pyrrole nitrogens is 1. The molecule has 1 aromatic heterocycles. The van der Waals surface area contributed by atoms with Crippen molar-refractivity contribution in [2.75, 3.05) is 6.54 Å². The topological polar surface area (TPSA) is 71.8 Å². The van der Waals surface area contributed by atoms with Gasteiger partial charge in [0.1, 0.15) is 0 Å². The maximum atomic E-state index is 10.7. The van der Waals surface area contributed by atoms with Gasteiger partial charge in [-0.05, 0) is 25.5 Å². The summed E-state index contributed by atoms with van der Waals surface area (Å²) in [5.74, 6) is 0. The summed E-state index contributed by atoms with van der Waals surface area (Å²) in [5, 5.41) is 0. The maximum absolute atomic E-state index is 10.7. The third-order valence-electron chi connectivity index (χ3n) is 1.39. The Hall–Kier alpha value is -1.16. The van der Waals surface area contributed by atoms with Gasteiger partial charge in [0.05, 0.1) is 0 Å². The lowest BCUT2D eigenvalue weighted by Gasteiger charge is -1.96. The Morgan fingerprint density at radius 2 is 2.45 bits per heavy atom. The van der Waals surface area contributed by atoms with Crippen LogP contribution >= 0.6 is 0 Å². The molecule has 0 aliphatic heterocycles. The second-order valence-corrected chi connectivity index (χ2v) is 2.29. The number of nitrogens with one attached hydrogen (secondary N) is 1. The van der Waals surface area contributed by atoms with Crippen LogP contribution in [0.15, 0.2) is 17.1 Å². The Kier molecular flexibility index (Phi) is 2.80. The van der Waals surface area contributed by atoms with Crippen LogP contribution in [0.2, 0.25) is 0 Å². The highest BCUT2D eigenvalue weighted by molar-refractivity contribution is 4.97. The second-order valence-electron chi connectivity index (χ2n) is 2.29. The fourth-order valence-electron chi connectivity index (χ4n) is 0.845. The van der Waals surface area contributed by atoms with E-state index in [0.717, 1.165) is 18.5 Å². The van der Waals surface area contributed by atoms with E-state index >= 15 is 0 Å². The molecule has 0 bridgehead atoms. The third kappa shape index (κ3) is 2.51. The highest BCUT2D eigenvalue weighted by Gasteiger charge is 1.91. The standard InChI is InChI=1S/C7H11N3O/c8-4-1-2-6-3-5-9-7(11)10-6/h3,5H,1-2,4,8H2,(H,9,10,11). The minimum Gasteiger partial charge on any atom is -0.330 e. The molecular weight excluding hydrogens is 142 g/mol. The lowest BCUT2D eigenvalue weighted by atomic mass is 10.2. The van der Waals surface area contributed by atoms with Gasteiger partial charge < -0.3 is 10.7 Å². The molecule has 0 atom stereocenters. The summed E-state index contributed by atoms with van der Waals surface area (Å²) < 4.78 is 0. The molecule has 1 rings (SSSR count). The van der Waals surface area contributed by atoms with Gasteiger partial charge in [0, 0.05) is 11.9 Å². The van der Waals surface area contributed by atoms with Crippen LogP contribution in [0.4, 0.5) is 0 Å². The molecule has 1 aromatic rings. The van der Waals surface area contributed by atoms with Gasteiger partial charge in [-0.1, -0.05) is 0 Å². The zero-order chi connectivity index (χ0) is 8.10. The Bertz CT molecular complexity index is 268. The van der Waals surface area contributed by atoms with Gasteiger partial charge in [-0.3, -0.25) is 0 Å². The highest BCUT2D eigenvalue weighted by atomic mass is 16.1. The van der Waals surface area contributed by atoms with Crippen molar-refractivity contribution in [2.24, 2.45) is 5.73 Å². The van der Waals surface area contributed by atoms with E-state index in [1.54, 1.807) is 6.07 Å². The molecule has 4 heteroatoms. The Morgan fingerprint density at radius 3 is 3.09 bits per heavy atom. The smallest absolute Gasteiger partial charge is 0.330 e. The van der Waals surface area contributed by atoms with Crippen molar-refractivity contribution in [3.05, 3.63) is 28.4 Å². The molecule has 60 valence electrons. The first kappa shape index (κ1) is 7.94. The van der Waals surface area contributed by atoms with E-state index in [-0.39, 0.29) is 5.69 Å². The summed E-state index contributed by atoms with van der Waals surface area (Å²) in [5.41, 5.74) is 5.91. The maximum Gasteiger partial charge on any atom is 0.345 e. The lowest BCUT2D eigenvalue weighted by Crippen LogP contribution is -2.12. The van der Waals surface area contributed by atoms with E-state index in [1.807, 2.05) is 0 Å². The number of aryl methyl sites for hydroxylation is 1. The van der Waals surface area contributed by atoms with Crippen LogP contribution in [0.25, 0.3) is 0 Å². The van der Waals surface area contributed by atoms with Gasteiger partial charge in [0.2, 0.25) is 0 Å². The summed E-state index contributed by atoms with van der Waals surface area (Å²) in [4.78, 5) is 16.8. The van der Waals surface area contributed by atoms with Crippen molar-refractivity contribution in [2.45, 2.75) is 12.8 Å². The third-order valence-corrected chi connectivity index (χ3v) is 1.39. The predicted molar refractivity (Wildman–Crippen MR) is 42.2 cm³/mol. The summed E-state index contributed by atoms with van der Waals surface area (Å²) in [6, 6.07) is 1.79. The first-order valence-corrected chi connectivity index (χ1v) is 3.57. The molecule has 0 spiro atoms. The zero-order valence-electron chi connectivity index (χ0n) is 6.21. The average Bonchev–Trinajstić information content (AvgIpc) is 2.01. The minimum atomic E-state index is -0.292. The van der Waals surface area contributed by atoms with Gasteiger partial charge >= 0.3 is 5.69 Å². The van der Waals surface area contributed by atoms with Crippen LogP contribution in [0.1, 0.15) is 12.1 Å². The monoisotopic (exact) mass is 153 g/mol. The number of hydrogen-bond donors (Lipinski definition) is 2. The first-order chi connectivity index (χ1) is 5.33. The van der Waals surface area contributed by atoms with E-state index in [0.29, 0.717) is 6.54 Å². The summed E-state index contributed by atoms with van der Waals surface area (Å²) >= 11 is 0. The molecular formula is C7H11N3O. The normalized spacial score (nSPS) is 9.91. The molecule has 3 N–H and O–H groups in total. The van der Waals surface area contributed by atoms with Crippen LogP contribution < -0.4 is 11.4 Å². The first-order valence-electron chi connectivity index (χ1n) is 3.57. The Balaban J connectivity index is 2.64. The van der Waals surface area contributed by atoms with E-state index in [9.17, 15) is 4.79 Å². The van der Waals surface area contributed by atoms with Crippen LogP contribution in [0.5, 0.6) is 0 Å². The quantitative estimate of drug-likeness (QED) is 0.624. The van der Waals surface area contributed by atoms with Crippen LogP contribution in [-0.4, -0.2) is 16.5 Å². The lowest BCUT2D eigenvalue weighted by molar-refractivity contribution is 0.798. The van der Waals surface area contributed by atoms with E-state index in [4.69, 9.17) is 5.73 Å². The molecule has 0 unspecified atom stereocenters. The van der Waals surface area contributed by atoms with Crippen molar-refractivity contribution in [3.8, 4) is 0 Å². The van der Waals surface area contributed by atoms with Crippen molar-refractivity contribution >= 4 is 0 Å². The van der Waals surface area contributed by atoms with Crippen molar-refractivity contribution in [1.29, 1.82) is 0 Å². The summed E-state index contributed by atoms with van der Waals surface area (Å²) in [7, 11) is 0. The van der Waals surface area contributed by atoms with Crippen LogP contribution in [-0.2, 0) is 6.42 Å². The van der Waals surface area contributed by atoms with Gasteiger partial charge in [-0.2, -0.15) is 0 Å². The summed E-state index contributed by atoms with van der Waals surface area (Å²) in [6.07, 6.45) is 3.21. The molecule has 0 aromatic carbocycles. The molecule has 0 saturated heterocycles. The number of nitrogens with two attached hydrogens (primary N) is 1. The molecule has 1 heterocycles. The SMILES string of the molecule is NCCCc1ccnc(=O)[nH]1. The predicted octanol–water partition coefficient (Wildman–Crippen LogP) is -0.339. The molecule has 0 radical (unpaired) electrons. The van der Waals surface area contributed by atoms with Gasteiger partial charge in [-0.15, -0.1) is 0 Å². The fraction of sp³-hybridized carbons (Fsp3) is 0.429. The van der Waals surface area contributed by atoms with Gasteiger partial charge in [-0.25, -0.2) is 9.78 Å². The van der Waals surface area contributed by atoms with Gasteiger partial charge in [0.15, 0.2) is 0 Å². The Labute approximate surface area is 64.5 Å². The average molecular weight is 153 g/mol. The molecule has 0 saturated carbocycles. The molecule has 0 fully saturated rings. The fourth-order valence-corrected chi connectivity index (χ4v) is 0.845. The summed E-state index contributed by atoms with van der Waals surface area (Å²) in [6.45, 7) is 0.643. The largest absolute Gasteiger partial charge is 0.345 e. The van der Waals surface area contributed by atoms with E-state index in [1.165, 1.54) is 6.20 Å². The van der Waals surface area contributed by atoms with E-state index in [2.05, 4.69) is 9.97 Å². The van der Waals surface area contributed by atoms with Crippen molar-refractivity contribution in [1.82, 2.24) is 9.97 Å². The Morgan fingerprint density at radius 1 is 1.64 bits per heavy atom. The second kappa shape index (κ2) is 3.88. The molecule has 0 aliphatic rings. The number of nitrogens with zero attached hydrogens (tertiary/aromatic N) is 1. The number of aromatic amines is 1. The molecule has 0 amide bonds. The molecule has 0 aliphatic carbocycles. The molecule has 4 nitrogen and oxygen atoms in total. The van der Waals surface area contributed by atoms with Gasteiger partial charge in [0.25, 0.3) is 0 Å². The number of aromatic nitrogens is 2. The number of hydrogen-bond acceptors (Lipinski definition) is 3. The van der Waals surface area contributed by atoms with Crippen molar-refractivity contribution in [3.63, 3.8) is 0 Å². The minimum absolute atomic E-state index is 0.292. The number of rotatable bonds is 3.